The average molecular weight is 365 g/mol. The molecule has 0 unspecified atom stereocenters. The van der Waals surface area contributed by atoms with Crippen molar-refractivity contribution in [3.63, 3.8) is 0 Å². The lowest BCUT2D eigenvalue weighted by atomic mass is 10.4. The number of nitrogens with one attached hydrogen (secondary N) is 1. The number of aromatic amines is 1. The van der Waals surface area contributed by atoms with E-state index in [4.69, 9.17) is 15.6 Å². The molecular formula is C14H19N7O3S. The highest BCUT2D eigenvalue weighted by Gasteiger charge is 2.10. The second kappa shape index (κ2) is 7.94. The van der Waals surface area contributed by atoms with E-state index in [-0.39, 0.29) is 5.56 Å². The number of aryl methyl sites for hydroxylation is 1. The third-order valence-electron chi connectivity index (χ3n) is 3.09. The van der Waals surface area contributed by atoms with Crippen molar-refractivity contribution in [3.05, 3.63) is 39.7 Å². The van der Waals surface area contributed by atoms with Crippen molar-refractivity contribution < 1.29 is 9.90 Å². The van der Waals surface area contributed by atoms with Crippen LogP contribution in [-0.4, -0.2) is 40.4 Å². The molecule has 134 valence electrons. The molecule has 0 atom stereocenters. The first-order valence-corrected chi connectivity index (χ1v) is 8.29. The summed E-state index contributed by atoms with van der Waals surface area (Å²) in [7, 11) is 1.87. The number of fused-ring (bicyclic) bond motifs is 1. The molecule has 0 radical (unpaired) electrons. The summed E-state index contributed by atoms with van der Waals surface area (Å²) in [5, 5.41) is 19.2. The Morgan fingerprint density at radius 2 is 2.08 bits per heavy atom. The SMILES string of the molecule is CC(=O)O.Cc1cc2nc(CSc3nnc(CN)n3C)cc(=O)n2[nH]1. The molecule has 0 aliphatic carbocycles. The van der Waals surface area contributed by atoms with Crippen LogP contribution in [-0.2, 0) is 24.1 Å². The van der Waals surface area contributed by atoms with Gasteiger partial charge in [-0.2, -0.15) is 0 Å². The number of carboxylic acids is 1. The van der Waals surface area contributed by atoms with E-state index in [2.05, 4.69) is 20.3 Å². The summed E-state index contributed by atoms with van der Waals surface area (Å²) in [6.45, 7) is 3.31. The fourth-order valence-electron chi connectivity index (χ4n) is 2.02. The number of nitrogens with zero attached hydrogens (tertiary/aromatic N) is 5. The molecule has 0 fully saturated rings. The van der Waals surface area contributed by atoms with E-state index in [9.17, 15) is 4.79 Å². The number of rotatable bonds is 4. The second-order valence-corrected chi connectivity index (χ2v) is 6.13. The first-order chi connectivity index (χ1) is 11.8. The molecule has 0 aromatic carbocycles. The van der Waals surface area contributed by atoms with Crippen LogP contribution in [0.2, 0.25) is 0 Å². The number of hydrogen-bond donors (Lipinski definition) is 3. The Balaban J connectivity index is 0.000000511. The molecule has 0 aliphatic heterocycles. The fourth-order valence-corrected chi connectivity index (χ4v) is 2.84. The molecule has 0 spiro atoms. The Morgan fingerprint density at radius 1 is 1.40 bits per heavy atom. The number of carbonyl (C=O) groups is 1. The summed E-state index contributed by atoms with van der Waals surface area (Å²) < 4.78 is 3.27. The smallest absolute Gasteiger partial charge is 0.300 e. The first-order valence-electron chi connectivity index (χ1n) is 7.30. The molecule has 3 aromatic heterocycles. The van der Waals surface area contributed by atoms with Crippen LogP contribution in [0.25, 0.3) is 5.65 Å². The fraction of sp³-hybridized carbons (Fsp3) is 0.357. The third kappa shape index (κ3) is 4.67. The number of aliphatic carboxylic acids is 1. The summed E-state index contributed by atoms with van der Waals surface area (Å²) in [5.74, 6) is 0.439. The molecule has 0 saturated carbocycles. The maximum atomic E-state index is 12.0. The molecule has 3 rings (SSSR count). The summed E-state index contributed by atoms with van der Waals surface area (Å²) in [5.41, 5.74) is 7.67. The Bertz CT molecular complexity index is 940. The summed E-state index contributed by atoms with van der Waals surface area (Å²) in [6.07, 6.45) is 0. The van der Waals surface area contributed by atoms with Gasteiger partial charge in [0.15, 0.2) is 10.8 Å². The largest absolute Gasteiger partial charge is 0.481 e. The number of hydrogen-bond acceptors (Lipinski definition) is 7. The number of carboxylic acid groups (broad SMARTS) is 1. The van der Waals surface area contributed by atoms with E-state index in [1.54, 1.807) is 0 Å². The van der Waals surface area contributed by atoms with Crippen LogP contribution >= 0.6 is 11.8 Å². The van der Waals surface area contributed by atoms with Crippen molar-refractivity contribution in [1.29, 1.82) is 0 Å². The highest BCUT2D eigenvalue weighted by molar-refractivity contribution is 7.98. The monoisotopic (exact) mass is 365 g/mol. The van der Waals surface area contributed by atoms with Crippen molar-refractivity contribution >= 4 is 23.4 Å². The summed E-state index contributed by atoms with van der Waals surface area (Å²) in [6, 6.07) is 3.36. The van der Waals surface area contributed by atoms with Crippen molar-refractivity contribution in [1.82, 2.24) is 29.4 Å². The van der Waals surface area contributed by atoms with Gasteiger partial charge in [-0.25, -0.2) is 9.50 Å². The maximum absolute atomic E-state index is 12.0. The number of nitrogens with two attached hydrogens (primary N) is 1. The van der Waals surface area contributed by atoms with Crippen LogP contribution in [0, 0.1) is 6.92 Å². The van der Waals surface area contributed by atoms with E-state index in [1.165, 1.54) is 22.3 Å². The number of H-pyrrole nitrogens is 1. The molecule has 3 heterocycles. The Morgan fingerprint density at radius 3 is 2.68 bits per heavy atom. The van der Waals surface area contributed by atoms with Gasteiger partial charge in [0.05, 0.1) is 12.2 Å². The van der Waals surface area contributed by atoms with E-state index in [0.717, 1.165) is 23.6 Å². The van der Waals surface area contributed by atoms with Gasteiger partial charge in [-0.3, -0.25) is 14.7 Å². The summed E-state index contributed by atoms with van der Waals surface area (Å²) >= 11 is 1.47. The average Bonchev–Trinajstić information content (AvgIpc) is 3.07. The normalized spacial score (nSPS) is 10.6. The molecule has 0 aliphatic rings. The van der Waals surface area contributed by atoms with Crippen LogP contribution in [0.1, 0.15) is 24.1 Å². The molecule has 3 aromatic rings. The van der Waals surface area contributed by atoms with Crippen LogP contribution in [0.5, 0.6) is 0 Å². The van der Waals surface area contributed by atoms with Gasteiger partial charge < -0.3 is 15.4 Å². The van der Waals surface area contributed by atoms with Crippen LogP contribution in [0.15, 0.2) is 22.1 Å². The van der Waals surface area contributed by atoms with Crippen molar-refractivity contribution in [2.24, 2.45) is 12.8 Å². The van der Waals surface area contributed by atoms with Crippen LogP contribution in [0.3, 0.4) is 0 Å². The van der Waals surface area contributed by atoms with Gasteiger partial charge in [-0.1, -0.05) is 11.8 Å². The first kappa shape index (κ1) is 18.7. The standard InChI is InChI=1S/C12H15N7OS.C2H4O2/c1-7-3-9-14-8(4-11(20)19(9)17-7)6-21-12-16-15-10(5-13)18(12)2;1-2(3)4/h3-4,17H,5-6,13H2,1-2H3;1H3,(H,3,4). The molecule has 0 amide bonds. The topological polar surface area (TPSA) is 144 Å². The second-order valence-electron chi connectivity index (χ2n) is 5.19. The lowest BCUT2D eigenvalue weighted by Gasteiger charge is -2.02. The molecule has 10 nitrogen and oxygen atoms in total. The van der Waals surface area contributed by atoms with Gasteiger partial charge in [-0.15, -0.1) is 10.2 Å². The van der Waals surface area contributed by atoms with Crippen LogP contribution < -0.4 is 11.3 Å². The Hall–Kier alpha value is -2.66. The van der Waals surface area contributed by atoms with E-state index in [0.29, 0.717) is 23.6 Å². The van der Waals surface area contributed by atoms with Crippen molar-refractivity contribution in [2.45, 2.75) is 31.3 Å². The van der Waals surface area contributed by atoms with E-state index < -0.39 is 5.97 Å². The number of aromatic nitrogens is 6. The van der Waals surface area contributed by atoms with E-state index >= 15 is 0 Å². The van der Waals surface area contributed by atoms with Gasteiger partial charge in [0.1, 0.15) is 5.82 Å². The molecule has 25 heavy (non-hydrogen) atoms. The Kier molecular flexibility index (Phi) is 5.93. The minimum atomic E-state index is -0.833. The quantitative estimate of drug-likeness (QED) is 0.560. The highest BCUT2D eigenvalue weighted by Crippen LogP contribution is 2.19. The summed E-state index contributed by atoms with van der Waals surface area (Å²) in [4.78, 5) is 25.4. The highest BCUT2D eigenvalue weighted by atomic mass is 32.2. The lowest BCUT2D eigenvalue weighted by molar-refractivity contribution is -0.134. The van der Waals surface area contributed by atoms with Crippen LogP contribution in [0.4, 0.5) is 0 Å². The van der Waals surface area contributed by atoms with E-state index in [1.807, 2.05) is 24.6 Å². The zero-order chi connectivity index (χ0) is 18.6. The molecular weight excluding hydrogens is 346 g/mol. The molecule has 11 heteroatoms. The molecule has 0 bridgehead atoms. The Labute approximate surface area is 147 Å². The minimum Gasteiger partial charge on any atom is -0.481 e. The molecule has 0 saturated heterocycles. The van der Waals surface area contributed by atoms with Gasteiger partial charge in [0.2, 0.25) is 0 Å². The third-order valence-corrected chi connectivity index (χ3v) is 4.14. The van der Waals surface area contributed by atoms with Crippen molar-refractivity contribution in [3.8, 4) is 0 Å². The molecule has 4 N–H and O–H groups in total. The predicted molar refractivity (Wildman–Crippen MR) is 92.3 cm³/mol. The van der Waals surface area contributed by atoms with Gasteiger partial charge >= 0.3 is 0 Å². The van der Waals surface area contributed by atoms with Crippen molar-refractivity contribution in [2.75, 3.05) is 0 Å². The zero-order valence-corrected chi connectivity index (χ0v) is 14.9. The lowest BCUT2D eigenvalue weighted by Crippen LogP contribution is -2.15. The minimum absolute atomic E-state index is 0.121. The maximum Gasteiger partial charge on any atom is 0.300 e. The number of thioether (sulfide) groups is 1. The zero-order valence-electron chi connectivity index (χ0n) is 14.1. The van der Waals surface area contributed by atoms with Gasteiger partial charge in [0, 0.05) is 37.6 Å². The van der Waals surface area contributed by atoms with Gasteiger partial charge in [-0.05, 0) is 6.92 Å². The van der Waals surface area contributed by atoms with Gasteiger partial charge in [0.25, 0.3) is 11.5 Å². The predicted octanol–water partition coefficient (Wildman–Crippen LogP) is 0.301.